The van der Waals surface area contributed by atoms with Gasteiger partial charge >= 0.3 is 0 Å². The third-order valence-corrected chi connectivity index (χ3v) is 2.23. The molecule has 1 heterocycles. The Hall–Kier alpha value is -0.890. The molecule has 1 N–H and O–H groups in total. The maximum absolute atomic E-state index is 5.68. The zero-order chi connectivity index (χ0) is 8.39. The van der Waals surface area contributed by atoms with Gasteiger partial charge in [0.05, 0.1) is 18.0 Å². The number of halogens is 1. The first-order chi connectivity index (χ1) is 5.92. The number of hydrogen-bond donors (Lipinski definition) is 1. The van der Waals surface area contributed by atoms with Crippen molar-refractivity contribution in [3.05, 3.63) is 24.3 Å². The standard InChI is InChI=1S/C9H11ClN2/c10-5-6-12-7-11-8-3-1-2-4-9(8)12/h1-4,11H,5-7H2. The summed E-state index contributed by atoms with van der Waals surface area (Å²) in [5.41, 5.74) is 2.47. The minimum atomic E-state index is 0.677. The van der Waals surface area contributed by atoms with Crippen molar-refractivity contribution in [2.75, 3.05) is 29.3 Å². The van der Waals surface area contributed by atoms with Gasteiger partial charge in [-0.1, -0.05) is 12.1 Å². The minimum absolute atomic E-state index is 0.677. The number of nitrogens with one attached hydrogen (secondary N) is 1. The molecule has 2 nitrogen and oxygen atoms in total. The third-order valence-electron chi connectivity index (χ3n) is 2.06. The SMILES string of the molecule is ClCCN1CNc2ccccc21. The third kappa shape index (κ3) is 1.23. The van der Waals surface area contributed by atoms with Gasteiger partial charge in [-0.25, -0.2) is 0 Å². The van der Waals surface area contributed by atoms with E-state index < -0.39 is 0 Å². The van der Waals surface area contributed by atoms with Gasteiger partial charge in [0, 0.05) is 12.4 Å². The normalized spacial score (nSPS) is 14.2. The number of fused-ring (bicyclic) bond motifs is 1. The van der Waals surface area contributed by atoms with Crippen LogP contribution in [-0.2, 0) is 0 Å². The Bertz CT molecular complexity index is 273. The van der Waals surface area contributed by atoms with Gasteiger partial charge in [0.1, 0.15) is 0 Å². The average Bonchev–Trinajstić information content (AvgIpc) is 2.50. The lowest BCUT2D eigenvalue weighted by Gasteiger charge is -2.15. The first kappa shape index (κ1) is 7.74. The Labute approximate surface area is 77.1 Å². The molecule has 0 saturated heterocycles. The van der Waals surface area contributed by atoms with E-state index in [0.29, 0.717) is 5.88 Å². The van der Waals surface area contributed by atoms with Gasteiger partial charge in [0.2, 0.25) is 0 Å². The zero-order valence-corrected chi connectivity index (χ0v) is 7.51. The number of benzene rings is 1. The highest BCUT2D eigenvalue weighted by Gasteiger charge is 2.15. The number of rotatable bonds is 2. The largest absolute Gasteiger partial charge is 0.366 e. The molecule has 0 unspecified atom stereocenters. The van der Waals surface area contributed by atoms with Crippen molar-refractivity contribution in [2.24, 2.45) is 0 Å². The maximum Gasteiger partial charge on any atom is 0.0878 e. The van der Waals surface area contributed by atoms with Crippen LogP contribution >= 0.6 is 11.6 Å². The topological polar surface area (TPSA) is 15.3 Å². The molecule has 0 aliphatic carbocycles. The van der Waals surface area contributed by atoms with Crippen LogP contribution in [0.5, 0.6) is 0 Å². The summed E-state index contributed by atoms with van der Waals surface area (Å²) in [6, 6.07) is 8.29. The smallest absolute Gasteiger partial charge is 0.0878 e. The molecule has 0 spiro atoms. The fraction of sp³-hybridized carbons (Fsp3) is 0.333. The second kappa shape index (κ2) is 3.23. The Morgan fingerprint density at radius 1 is 1.42 bits per heavy atom. The van der Waals surface area contributed by atoms with Crippen LogP contribution in [0.2, 0.25) is 0 Å². The summed E-state index contributed by atoms with van der Waals surface area (Å²) in [6.45, 7) is 1.79. The zero-order valence-electron chi connectivity index (χ0n) is 6.76. The van der Waals surface area contributed by atoms with Crippen LogP contribution in [0, 0.1) is 0 Å². The first-order valence-corrected chi connectivity index (χ1v) is 4.59. The van der Waals surface area contributed by atoms with Crippen molar-refractivity contribution < 1.29 is 0 Å². The van der Waals surface area contributed by atoms with Gasteiger partial charge in [-0.05, 0) is 12.1 Å². The molecule has 3 heteroatoms. The number of anilines is 2. The molecule has 12 heavy (non-hydrogen) atoms. The maximum atomic E-state index is 5.68. The Kier molecular flexibility index (Phi) is 2.09. The van der Waals surface area contributed by atoms with Crippen LogP contribution in [0.4, 0.5) is 11.4 Å². The van der Waals surface area contributed by atoms with E-state index in [1.54, 1.807) is 0 Å². The lowest BCUT2D eigenvalue weighted by atomic mass is 10.3. The molecular formula is C9H11ClN2. The summed E-state index contributed by atoms with van der Waals surface area (Å²) in [7, 11) is 0. The predicted octanol–water partition coefficient (Wildman–Crippen LogP) is 2.11. The summed E-state index contributed by atoms with van der Waals surface area (Å²) in [5.74, 6) is 0.677. The number of alkyl halides is 1. The monoisotopic (exact) mass is 182 g/mol. The molecule has 2 rings (SSSR count). The van der Waals surface area contributed by atoms with Gasteiger partial charge in [0.15, 0.2) is 0 Å². The van der Waals surface area contributed by atoms with Gasteiger partial charge in [-0.15, -0.1) is 11.6 Å². The van der Waals surface area contributed by atoms with Gasteiger partial charge in [-0.3, -0.25) is 0 Å². The lowest BCUT2D eigenvalue weighted by molar-refractivity contribution is 0.915. The molecule has 0 saturated carbocycles. The van der Waals surface area contributed by atoms with E-state index in [9.17, 15) is 0 Å². The van der Waals surface area contributed by atoms with Crippen LogP contribution in [0.25, 0.3) is 0 Å². The molecule has 0 bridgehead atoms. The summed E-state index contributed by atoms with van der Waals surface area (Å²) in [6.07, 6.45) is 0. The van der Waals surface area contributed by atoms with Gasteiger partial charge < -0.3 is 10.2 Å². The highest BCUT2D eigenvalue weighted by Crippen LogP contribution is 2.29. The quantitative estimate of drug-likeness (QED) is 0.705. The van der Waals surface area contributed by atoms with Crippen LogP contribution in [-0.4, -0.2) is 19.1 Å². The second-order valence-electron chi connectivity index (χ2n) is 2.80. The number of para-hydroxylation sites is 2. The van der Waals surface area contributed by atoms with Crippen molar-refractivity contribution >= 4 is 23.0 Å². The highest BCUT2D eigenvalue weighted by molar-refractivity contribution is 6.18. The van der Waals surface area contributed by atoms with E-state index >= 15 is 0 Å². The molecule has 0 atom stereocenters. The van der Waals surface area contributed by atoms with Crippen LogP contribution in [0.1, 0.15) is 0 Å². The van der Waals surface area contributed by atoms with Gasteiger partial charge in [-0.2, -0.15) is 0 Å². The second-order valence-corrected chi connectivity index (χ2v) is 3.18. The molecule has 1 aliphatic heterocycles. The van der Waals surface area contributed by atoms with E-state index in [4.69, 9.17) is 11.6 Å². The van der Waals surface area contributed by atoms with Gasteiger partial charge in [0.25, 0.3) is 0 Å². The average molecular weight is 183 g/mol. The molecule has 0 aromatic heterocycles. The molecule has 1 aromatic rings. The number of nitrogens with zero attached hydrogens (tertiary/aromatic N) is 1. The van der Waals surface area contributed by atoms with Crippen molar-refractivity contribution in [1.82, 2.24) is 0 Å². The Balaban J connectivity index is 2.24. The summed E-state index contributed by atoms with van der Waals surface area (Å²) >= 11 is 5.68. The fourth-order valence-electron chi connectivity index (χ4n) is 1.47. The summed E-state index contributed by atoms with van der Waals surface area (Å²) in [4.78, 5) is 2.24. The molecule has 64 valence electrons. The van der Waals surface area contributed by atoms with Crippen LogP contribution in [0.3, 0.4) is 0 Å². The molecule has 0 amide bonds. The fourth-order valence-corrected chi connectivity index (χ4v) is 1.67. The molecule has 0 radical (unpaired) electrons. The Morgan fingerprint density at radius 3 is 3.08 bits per heavy atom. The van der Waals surface area contributed by atoms with E-state index in [0.717, 1.165) is 13.2 Å². The predicted molar refractivity (Wildman–Crippen MR) is 53.0 cm³/mol. The molecule has 1 aromatic carbocycles. The minimum Gasteiger partial charge on any atom is -0.366 e. The summed E-state index contributed by atoms with van der Waals surface area (Å²) < 4.78 is 0. The van der Waals surface area contributed by atoms with Crippen molar-refractivity contribution in [3.63, 3.8) is 0 Å². The van der Waals surface area contributed by atoms with Crippen molar-refractivity contribution in [3.8, 4) is 0 Å². The molecular weight excluding hydrogens is 172 g/mol. The van der Waals surface area contributed by atoms with Crippen LogP contribution < -0.4 is 10.2 Å². The molecule has 0 fully saturated rings. The first-order valence-electron chi connectivity index (χ1n) is 4.05. The van der Waals surface area contributed by atoms with E-state index in [2.05, 4.69) is 22.3 Å². The Morgan fingerprint density at radius 2 is 2.25 bits per heavy atom. The van der Waals surface area contributed by atoms with E-state index in [1.165, 1.54) is 11.4 Å². The van der Waals surface area contributed by atoms with Crippen molar-refractivity contribution in [1.29, 1.82) is 0 Å². The van der Waals surface area contributed by atoms with E-state index in [-0.39, 0.29) is 0 Å². The van der Waals surface area contributed by atoms with Crippen LogP contribution in [0.15, 0.2) is 24.3 Å². The number of hydrogen-bond acceptors (Lipinski definition) is 2. The molecule has 1 aliphatic rings. The lowest BCUT2D eigenvalue weighted by Crippen LogP contribution is -2.24. The highest BCUT2D eigenvalue weighted by atomic mass is 35.5. The van der Waals surface area contributed by atoms with Crippen molar-refractivity contribution in [2.45, 2.75) is 0 Å². The van der Waals surface area contributed by atoms with E-state index in [1.807, 2.05) is 12.1 Å². The summed E-state index contributed by atoms with van der Waals surface area (Å²) in [5, 5.41) is 3.30.